The van der Waals surface area contributed by atoms with Crippen molar-refractivity contribution in [3.8, 4) is 5.75 Å². The number of Topliss-reactive ketones (excluding diaryl/α,β-unsaturated/α-hetero) is 1. The molecular formula is C19H22N2O3. The molecule has 0 bridgehead atoms. The maximum absolute atomic E-state index is 11.9. The van der Waals surface area contributed by atoms with Crippen molar-refractivity contribution in [2.75, 3.05) is 17.7 Å². The molecule has 0 saturated carbocycles. The largest absolute Gasteiger partial charge is 0.482 e. The number of carbonyl (C=O) groups is 2. The molecule has 5 heteroatoms. The number of hydrogen-bond donors (Lipinski definition) is 2. The number of benzene rings is 2. The van der Waals surface area contributed by atoms with Gasteiger partial charge in [-0.05, 0) is 42.8 Å². The van der Waals surface area contributed by atoms with Crippen LogP contribution in [-0.4, -0.2) is 18.3 Å². The fourth-order valence-corrected chi connectivity index (χ4v) is 2.23. The summed E-state index contributed by atoms with van der Waals surface area (Å²) in [5.41, 5.74) is 8.56. The normalized spacial score (nSPS) is 10.5. The zero-order valence-electron chi connectivity index (χ0n) is 14.1. The Morgan fingerprint density at radius 1 is 1.17 bits per heavy atom. The van der Waals surface area contributed by atoms with Crippen molar-refractivity contribution in [1.29, 1.82) is 0 Å². The van der Waals surface area contributed by atoms with Gasteiger partial charge in [-0.3, -0.25) is 9.59 Å². The molecule has 0 aromatic heterocycles. The van der Waals surface area contributed by atoms with Crippen molar-refractivity contribution in [1.82, 2.24) is 0 Å². The number of ether oxygens (including phenoxy) is 1. The Balaban J connectivity index is 1.96. The molecule has 0 atom stereocenters. The zero-order valence-corrected chi connectivity index (χ0v) is 14.1. The zero-order chi connectivity index (χ0) is 17.7. The first-order chi connectivity index (χ1) is 11.4. The van der Waals surface area contributed by atoms with Gasteiger partial charge in [0.05, 0.1) is 5.69 Å². The molecule has 0 aliphatic heterocycles. The van der Waals surface area contributed by atoms with Gasteiger partial charge in [-0.15, -0.1) is 0 Å². The summed E-state index contributed by atoms with van der Waals surface area (Å²) in [5.74, 6) is 0.0266. The number of nitrogens with one attached hydrogen (secondary N) is 1. The number of nitrogen functional groups attached to an aromatic ring is 1. The second kappa shape index (κ2) is 7.64. The van der Waals surface area contributed by atoms with Crippen LogP contribution in [0.25, 0.3) is 0 Å². The van der Waals surface area contributed by atoms with Crippen molar-refractivity contribution in [3.05, 3.63) is 53.6 Å². The van der Waals surface area contributed by atoms with Crippen LogP contribution < -0.4 is 15.8 Å². The van der Waals surface area contributed by atoms with Gasteiger partial charge < -0.3 is 15.8 Å². The van der Waals surface area contributed by atoms with E-state index in [1.165, 1.54) is 0 Å². The van der Waals surface area contributed by atoms with Crippen molar-refractivity contribution in [3.63, 3.8) is 0 Å². The second-order valence-corrected chi connectivity index (χ2v) is 5.98. The summed E-state index contributed by atoms with van der Waals surface area (Å²) in [6.07, 6.45) is 0. The topological polar surface area (TPSA) is 81.4 Å². The van der Waals surface area contributed by atoms with E-state index in [1.54, 1.807) is 18.2 Å². The van der Waals surface area contributed by atoms with Crippen LogP contribution in [0, 0.1) is 12.8 Å². The summed E-state index contributed by atoms with van der Waals surface area (Å²) >= 11 is 0. The molecule has 0 aliphatic rings. The molecule has 0 heterocycles. The molecule has 2 aromatic carbocycles. The maximum atomic E-state index is 11.9. The van der Waals surface area contributed by atoms with Crippen LogP contribution in [0.15, 0.2) is 42.5 Å². The molecule has 3 N–H and O–H groups in total. The molecule has 0 radical (unpaired) electrons. The van der Waals surface area contributed by atoms with E-state index in [4.69, 9.17) is 10.5 Å². The number of ketones is 1. The van der Waals surface area contributed by atoms with Crippen LogP contribution >= 0.6 is 0 Å². The summed E-state index contributed by atoms with van der Waals surface area (Å²) < 4.78 is 5.45. The minimum absolute atomic E-state index is 0.0189. The Hall–Kier alpha value is -2.82. The monoisotopic (exact) mass is 326 g/mol. The Morgan fingerprint density at radius 2 is 1.92 bits per heavy atom. The highest BCUT2D eigenvalue weighted by atomic mass is 16.5. The van der Waals surface area contributed by atoms with Gasteiger partial charge in [-0.2, -0.15) is 0 Å². The highest BCUT2D eigenvalue weighted by molar-refractivity contribution is 5.98. The first kappa shape index (κ1) is 17.5. The van der Waals surface area contributed by atoms with Crippen LogP contribution in [0.1, 0.15) is 29.8 Å². The van der Waals surface area contributed by atoms with Gasteiger partial charge in [-0.1, -0.05) is 26.0 Å². The van der Waals surface area contributed by atoms with E-state index in [-0.39, 0.29) is 24.2 Å². The highest BCUT2D eigenvalue weighted by Gasteiger charge is 2.13. The summed E-state index contributed by atoms with van der Waals surface area (Å²) in [6.45, 7) is 5.46. The van der Waals surface area contributed by atoms with Crippen LogP contribution in [0.3, 0.4) is 0 Å². The Labute approximate surface area is 141 Å². The van der Waals surface area contributed by atoms with E-state index in [1.807, 2.05) is 45.0 Å². The molecule has 0 saturated heterocycles. The lowest BCUT2D eigenvalue weighted by atomic mass is 10.0. The van der Waals surface area contributed by atoms with Gasteiger partial charge in [0.15, 0.2) is 12.4 Å². The minimum atomic E-state index is -0.276. The van der Waals surface area contributed by atoms with Crippen molar-refractivity contribution >= 4 is 23.1 Å². The quantitative estimate of drug-likeness (QED) is 0.629. The molecule has 24 heavy (non-hydrogen) atoms. The molecule has 2 aromatic rings. The first-order valence-corrected chi connectivity index (χ1v) is 7.80. The minimum Gasteiger partial charge on any atom is -0.482 e. The smallest absolute Gasteiger partial charge is 0.262 e. The average molecular weight is 326 g/mol. The van der Waals surface area contributed by atoms with Crippen LogP contribution in [0.2, 0.25) is 0 Å². The third-order valence-corrected chi connectivity index (χ3v) is 3.48. The number of hydrogen-bond acceptors (Lipinski definition) is 4. The number of amides is 1. The van der Waals surface area contributed by atoms with Crippen LogP contribution in [0.4, 0.5) is 11.4 Å². The molecule has 5 nitrogen and oxygen atoms in total. The predicted octanol–water partition coefficient (Wildman–Crippen LogP) is 3.43. The molecular weight excluding hydrogens is 304 g/mol. The predicted molar refractivity (Wildman–Crippen MR) is 95.3 cm³/mol. The Bertz CT molecular complexity index is 754. The third kappa shape index (κ3) is 4.59. The number of anilines is 2. The van der Waals surface area contributed by atoms with E-state index in [0.717, 1.165) is 11.3 Å². The lowest BCUT2D eigenvalue weighted by molar-refractivity contribution is -0.118. The van der Waals surface area contributed by atoms with Crippen molar-refractivity contribution in [2.45, 2.75) is 20.8 Å². The summed E-state index contributed by atoms with van der Waals surface area (Å²) in [7, 11) is 0. The standard InChI is InChI=1S/C19H22N2O3/c1-12(2)19(23)14-7-8-17(16(20)10-14)24-11-18(22)21-15-6-4-5-13(3)9-15/h4-10,12H,11,20H2,1-3H3,(H,21,22). The Kier molecular flexibility index (Phi) is 5.58. The SMILES string of the molecule is Cc1cccc(NC(=O)COc2ccc(C(=O)C(C)C)cc2N)c1. The van der Waals surface area contributed by atoms with Gasteiger partial charge in [-0.25, -0.2) is 0 Å². The maximum Gasteiger partial charge on any atom is 0.262 e. The molecule has 1 amide bonds. The first-order valence-electron chi connectivity index (χ1n) is 7.80. The van der Waals surface area contributed by atoms with Crippen LogP contribution in [0.5, 0.6) is 5.75 Å². The van der Waals surface area contributed by atoms with Crippen LogP contribution in [-0.2, 0) is 4.79 Å². The third-order valence-electron chi connectivity index (χ3n) is 3.48. The number of aryl methyl sites for hydroxylation is 1. The lowest BCUT2D eigenvalue weighted by Gasteiger charge is -2.11. The van der Waals surface area contributed by atoms with Gasteiger partial charge in [0, 0.05) is 17.2 Å². The second-order valence-electron chi connectivity index (χ2n) is 5.98. The average Bonchev–Trinajstić information content (AvgIpc) is 2.52. The molecule has 0 unspecified atom stereocenters. The Morgan fingerprint density at radius 3 is 2.54 bits per heavy atom. The van der Waals surface area contributed by atoms with Crippen molar-refractivity contribution in [2.24, 2.45) is 5.92 Å². The summed E-state index contributed by atoms with van der Waals surface area (Å²) in [6, 6.07) is 12.4. The summed E-state index contributed by atoms with van der Waals surface area (Å²) in [5, 5.41) is 2.76. The van der Waals surface area contributed by atoms with Gasteiger partial charge >= 0.3 is 0 Å². The number of carbonyl (C=O) groups excluding carboxylic acids is 2. The fraction of sp³-hybridized carbons (Fsp3) is 0.263. The van der Waals surface area contributed by atoms with Gasteiger partial charge in [0.25, 0.3) is 5.91 Å². The van der Waals surface area contributed by atoms with E-state index in [0.29, 0.717) is 17.0 Å². The van der Waals surface area contributed by atoms with Gasteiger partial charge in [0.1, 0.15) is 5.75 Å². The van der Waals surface area contributed by atoms with Crippen molar-refractivity contribution < 1.29 is 14.3 Å². The lowest BCUT2D eigenvalue weighted by Crippen LogP contribution is -2.20. The van der Waals surface area contributed by atoms with Gasteiger partial charge in [0.2, 0.25) is 0 Å². The highest BCUT2D eigenvalue weighted by Crippen LogP contribution is 2.24. The van der Waals surface area contributed by atoms with E-state index >= 15 is 0 Å². The molecule has 0 spiro atoms. The molecule has 126 valence electrons. The number of nitrogens with two attached hydrogens (primary N) is 1. The fourth-order valence-electron chi connectivity index (χ4n) is 2.23. The summed E-state index contributed by atoms with van der Waals surface area (Å²) in [4.78, 5) is 23.9. The molecule has 0 fully saturated rings. The number of rotatable bonds is 6. The van der Waals surface area contributed by atoms with E-state index in [9.17, 15) is 9.59 Å². The molecule has 2 rings (SSSR count). The van der Waals surface area contributed by atoms with E-state index in [2.05, 4.69) is 5.32 Å². The molecule has 0 aliphatic carbocycles. The van der Waals surface area contributed by atoms with E-state index < -0.39 is 0 Å².